The number of hydrogen-bond acceptors (Lipinski definition) is 3. The predicted octanol–water partition coefficient (Wildman–Crippen LogP) is 2.70. The van der Waals surface area contributed by atoms with Crippen molar-refractivity contribution in [3.05, 3.63) is 29.3 Å². The lowest BCUT2D eigenvalue weighted by Gasteiger charge is -2.21. The molecule has 2 unspecified atom stereocenters. The van der Waals surface area contributed by atoms with E-state index >= 15 is 0 Å². The third-order valence-corrected chi connectivity index (χ3v) is 4.16. The van der Waals surface area contributed by atoms with Crippen LogP contribution >= 0.6 is 0 Å². The summed E-state index contributed by atoms with van der Waals surface area (Å²) in [6, 6.07) is 7.12. The summed E-state index contributed by atoms with van der Waals surface area (Å²) in [5.41, 5.74) is 2.76. The Kier molecular flexibility index (Phi) is 4.04. The summed E-state index contributed by atoms with van der Waals surface area (Å²) in [5, 5.41) is 3.62. The maximum Gasteiger partial charge on any atom is 0.122 e. The van der Waals surface area contributed by atoms with E-state index in [4.69, 9.17) is 9.47 Å². The summed E-state index contributed by atoms with van der Waals surface area (Å²) in [5.74, 6) is 1.77. The number of ether oxygens (including phenoxy) is 2. The Bertz CT molecular complexity index is 427. The zero-order valence-corrected chi connectivity index (χ0v) is 11.7. The Labute approximate surface area is 115 Å². The summed E-state index contributed by atoms with van der Waals surface area (Å²) < 4.78 is 11.1. The van der Waals surface area contributed by atoms with Crippen molar-refractivity contribution < 1.29 is 9.47 Å². The molecular weight excluding hydrogens is 238 g/mol. The molecule has 0 spiro atoms. The molecule has 2 aliphatic heterocycles. The second-order valence-corrected chi connectivity index (χ2v) is 5.54. The minimum Gasteiger partial charge on any atom is -0.493 e. The number of fused-ring (bicyclic) bond motifs is 1. The van der Waals surface area contributed by atoms with E-state index < -0.39 is 0 Å². The number of nitrogens with one attached hydrogen (secondary N) is 1. The molecule has 1 N–H and O–H groups in total. The molecule has 1 fully saturated rings. The van der Waals surface area contributed by atoms with Gasteiger partial charge in [-0.3, -0.25) is 0 Å². The average Bonchev–Trinajstić information content (AvgIpc) is 3.08. The molecule has 2 atom stereocenters. The van der Waals surface area contributed by atoms with Gasteiger partial charge in [0.15, 0.2) is 0 Å². The van der Waals surface area contributed by atoms with E-state index in [2.05, 4.69) is 30.4 Å². The fraction of sp³-hybridized carbons (Fsp3) is 0.625. The fourth-order valence-corrected chi connectivity index (χ4v) is 3.11. The smallest absolute Gasteiger partial charge is 0.122 e. The number of hydrogen-bond donors (Lipinski definition) is 1. The van der Waals surface area contributed by atoms with Gasteiger partial charge in [0.2, 0.25) is 0 Å². The molecule has 1 aromatic carbocycles. The molecule has 3 rings (SSSR count). The molecule has 19 heavy (non-hydrogen) atoms. The summed E-state index contributed by atoms with van der Waals surface area (Å²) in [6.45, 7) is 5.87. The van der Waals surface area contributed by atoms with Crippen LogP contribution in [-0.2, 0) is 11.2 Å². The van der Waals surface area contributed by atoms with Crippen LogP contribution in [0.1, 0.15) is 36.9 Å². The van der Waals surface area contributed by atoms with Crippen molar-refractivity contribution >= 4 is 0 Å². The quantitative estimate of drug-likeness (QED) is 0.884. The van der Waals surface area contributed by atoms with Crippen molar-refractivity contribution in [3.8, 4) is 5.75 Å². The third kappa shape index (κ3) is 2.93. The molecule has 104 valence electrons. The Hall–Kier alpha value is -1.06. The monoisotopic (exact) mass is 261 g/mol. The molecular formula is C16H23NO2. The van der Waals surface area contributed by atoms with E-state index in [9.17, 15) is 0 Å². The topological polar surface area (TPSA) is 30.5 Å². The molecule has 3 heteroatoms. The van der Waals surface area contributed by atoms with Crippen molar-refractivity contribution in [2.45, 2.75) is 32.2 Å². The largest absolute Gasteiger partial charge is 0.493 e. The van der Waals surface area contributed by atoms with E-state index in [1.165, 1.54) is 24.0 Å². The van der Waals surface area contributed by atoms with Gasteiger partial charge in [0, 0.05) is 25.7 Å². The SMILES string of the molecule is CCNC(CC1CCOC1)c1ccc2c(c1)CCO2. The van der Waals surface area contributed by atoms with Crippen LogP contribution in [0.4, 0.5) is 0 Å². The highest BCUT2D eigenvalue weighted by atomic mass is 16.5. The molecule has 0 amide bonds. The minimum atomic E-state index is 0.447. The molecule has 1 aromatic rings. The highest BCUT2D eigenvalue weighted by Gasteiger charge is 2.22. The second kappa shape index (κ2) is 5.93. The highest BCUT2D eigenvalue weighted by Crippen LogP contribution is 2.31. The van der Waals surface area contributed by atoms with Crippen molar-refractivity contribution in [2.24, 2.45) is 5.92 Å². The summed E-state index contributed by atoms with van der Waals surface area (Å²) in [4.78, 5) is 0. The van der Waals surface area contributed by atoms with E-state index in [1.54, 1.807) is 0 Å². The van der Waals surface area contributed by atoms with E-state index in [0.29, 0.717) is 12.0 Å². The maximum absolute atomic E-state index is 5.59. The van der Waals surface area contributed by atoms with Crippen LogP contribution in [0.25, 0.3) is 0 Å². The average molecular weight is 261 g/mol. The lowest BCUT2D eigenvalue weighted by Crippen LogP contribution is -2.23. The number of benzene rings is 1. The van der Waals surface area contributed by atoms with Gasteiger partial charge >= 0.3 is 0 Å². The number of rotatable bonds is 5. The Morgan fingerprint density at radius 1 is 1.37 bits per heavy atom. The second-order valence-electron chi connectivity index (χ2n) is 5.54. The van der Waals surface area contributed by atoms with Gasteiger partial charge in [0.25, 0.3) is 0 Å². The first-order valence-corrected chi connectivity index (χ1v) is 7.43. The van der Waals surface area contributed by atoms with Gasteiger partial charge in [0.1, 0.15) is 5.75 Å². The maximum atomic E-state index is 5.59. The normalized spacial score (nSPS) is 23.1. The Morgan fingerprint density at radius 2 is 2.32 bits per heavy atom. The molecule has 1 saturated heterocycles. The van der Waals surface area contributed by atoms with Gasteiger partial charge < -0.3 is 14.8 Å². The lowest BCUT2D eigenvalue weighted by molar-refractivity contribution is 0.181. The molecule has 2 heterocycles. The van der Waals surface area contributed by atoms with Crippen LogP contribution < -0.4 is 10.1 Å². The molecule has 2 aliphatic rings. The Morgan fingerprint density at radius 3 is 3.11 bits per heavy atom. The van der Waals surface area contributed by atoms with Crippen molar-refractivity contribution in [1.29, 1.82) is 0 Å². The van der Waals surface area contributed by atoms with Crippen LogP contribution in [0, 0.1) is 5.92 Å². The molecule has 0 aliphatic carbocycles. The van der Waals surface area contributed by atoms with Crippen molar-refractivity contribution in [3.63, 3.8) is 0 Å². The molecule has 0 bridgehead atoms. The summed E-state index contributed by atoms with van der Waals surface area (Å²) >= 11 is 0. The molecule has 3 nitrogen and oxygen atoms in total. The summed E-state index contributed by atoms with van der Waals surface area (Å²) in [6.07, 6.45) is 3.43. The third-order valence-electron chi connectivity index (χ3n) is 4.16. The zero-order chi connectivity index (χ0) is 13.1. The van der Waals surface area contributed by atoms with Crippen LogP contribution in [-0.4, -0.2) is 26.4 Å². The first kappa shape index (κ1) is 12.9. The van der Waals surface area contributed by atoms with Crippen LogP contribution in [0.3, 0.4) is 0 Å². The first-order valence-electron chi connectivity index (χ1n) is 7.43. The zero-order valence-electron chi connectivity index (χ0n) is 11.7. The van der Waals surface area contributed by atoms with Crippen LogP contribution in [0.5, 0.6) is 5.75 Å². The minimum absolute atomic E-state index is 0.447. The molecule has 0 radical (unpaired) electrons. The van der Waals surface area contributed by atoms with E-state index in [1.807, 2.05) is 0 Å². The Balaban J connectivity index is 1.74. The van der Waals surface area contributed by atoms with Gasteiger partial charge in [-0.25, -0.2) is 0 Å². The standard InChI is InChI=1S/C16H23NO2/c1-2-17-15(9-12-5-7-18-11-12)13-3-4-16-14(10-13)6-8-19-16/h3-4,10,12,15,17H,2,5-9,11H2,1H3. The summed E-state index contributed by atoms with van der Waals surface area (Å²) in [7, 11) is 0. The molecule has 0 saturated carbocycles. The van der Waals surface area contributed by atoms with Crippen LogP contribution in [0.2, 0.25) is 0 Å². The van der Waals surface area contributed by atoms with Gasteiger partial charge in [0.05, 0.1) is 6.61 Å². The van der Waals surface area contributed by atoms with Crippen molar-refractivity contribution in [1.82, 2.24) is 5.32 Å². The van der Waals surface area contributed by atoms with Gasteiger partial charge in [-0.1, -0.05) is 19.1 Å². The predicted molar refractivity (Wildman–Crippen MR) is 75.6 cm³/mol. The van der Waals surface area contributed by atoms with E-state index in [-0.39, 0.29) is 0 Å². The van der Waals surface area contributed by atoms with Gasteiger partial charge in [-0.15, -0.1) is 0 Å². The first-order chi connectivity index (χ1) is 9.36. The highest BCUT2D eigenvalue weighted by molar-refractivity contribution is 5.40. The lowest BCUT2D eigenvalue weighted by atomic mass is 9.93. The van der Waals surface area contributed by atoms with E-state index in [0.717, 1.165) is 38.5 Å². The fourth-order valence-electron chi connectivity index (χ4n) is 3.11. The van der Waals surface area contributed by atoms with Crippen LogP contribution in [0.15, 0.2) is 18.2 Å². The van der Waals surface area contributed by atoms with Crippen molar-refractivity contribution in [2.75, 3.05) is 26.4 Å². The van der Waals surface area contributed by atoms with Gasteiger partial charge in [-0.05, 0) is 42.5 Å². The molecule has 0 aromatic heterocycles. The van der Waals surface area contributed by atoms with Gasteiger partial charge in [-0.2, -0.15) is 0 Å².